The van der Waals surface area contributed by atoms with Crippen molar-refractivity contribution in [1.29, 1.82) is 0 Å². The lowest BCUT2D eigenvalue weighted by Gasteiger charge is -2.30. The molecule has 0 unspecified atom stereocenters. The average Bonchev–Trinajstić information content (AvgIpc) is 2.61. The number of nitrogens with zero attached hydrogens (tertiary/aromatic N) is 3. The molecule has 0 atom stereocenters. The Balaban J connectivity index is 1.57. The smallest absolute Gasteiger partial charge is 0.407 e. The summed E-state index contributed by atoms with van der Waals surface area (Å²) in [7, 11) is 0. The van der Waals surface area contributed by atoms with Crippen LogP contribution in [0.2, 0.25) is 5.15 Å². The molecule has 0 bridgehead atoms. The molecule has 28 heavy (non-hydrogen) atoms. The number of nitrogens with one attached hydrogen (secondary N) is 2. The van der Waals surface area contributed by atoms with E-state index in [2.05, 4.69) is 32.5 Å². The summed E-state index contributed by atoms with van der Waals surface area (Å²) >= 11 is 6.06. The van der Waals surface area contributed by atoms with Gasteiger partial charge in [0.1, 0.15) is 16.3 Å². The molecule has 0 radical (unpaired) electrons. The minimum atomic E-state index is -0.479. The van der Waals surface area contributed by atoms with Gasteiger partial charge in [-0.15, -0.1) is 0 Å². The summed E-state index contributed by atoms with van der Waals surface area (Å²) in [6.07, 6.45) is 5.84. The van der Waals surface area contributed by atoms with Crippen molar-refractivity contribution in [2.24, 2.45) is 0 Å². The number of alkyl carbamates (subject to hydrolysis) is 1. The lowest BCUT2D eigenvalue weighted by Crippen LogP contribution is -2.42. The van der Waals surface area contributed by atoms with E-state index >= 15 is 0 Å². The zero-order valence-corrected chi connectivity index (χ0v) is 17.6. The Bertz CT molecular complexity index is 844. The number of fused-ring (bicyclic) bond motifs is 1. The molecule has 3 rings (SSSR count). The molecule has 1 saturated carbocycles. The third-order valence-electron chi connectivity index (χ3n) is 4.76. The van der Waals surface area contributed by atoms with Crippen molar-refractivity contribution in [3.8, 4) is 0 Å². The normalized spacial score (nSPS) is 20.0. The van der Waals surface area contributed by atoms with Gasteiger partial charge in [-0.1, -0.05) is 18.5 Å². The molecule has 0 aliphatic heterocycles. The SMILES string of the molecule is CCc1cc(Cl)nc2cnc(NC3CCC(NC(=O)OC(C)(C)C)CC3)nc12. The van der Waals surface area contributed by atoms with E-state index in [1.165, 1.54) is 0 Å². The Labute approximate surface area is 170 Å². The first-order valence-corrected chi connectivity index (χ1v) is 10.2. The van der Waals surface area contributed by atoms with Gasteiger partial charge in [0.2, 0.25) is 5.95 Å². The minimum Gasteiger partial charge on any atom is -0.444 e. The quantitative estimate of drug-likeness (QED) is 0.728. The zero-order valence-electron chi connectivity index (χ0n) is 16.9. The number of aryl methyl sites for hydroxylation is 1. The van der Waals surface area contributed by atoms with Gasteiger partial charge in [0.25, 0.3) is 0 Å². The van der Waals surface area contributed by atoms with Crippen molar-refractivity contribution < 1.29 is 9.53 Å². The maximum Gasteiger partial charge on any atom is 0.407 e. The highest BCUT2D eigenvalue weighted by atomic mass is 35.5. The summed E-state index contributed by atoms with van der Waals surface area (Å²) in [4.78, 5) is 25.3. The number of ether oxygens (including phenoxy) is 1. The summed E-state index contributed by atoms with van der Waals surface area (Å²) in [5.74, 6) is 0.606. The molecule has 8 heteroatoms. The van der Waals surface area contributed by atoms with Crippen LogP contribution in [0, 0.1) is 0 Å². The largest absolute Gasteiger partial charge is 0.444 e. The number of amides is 1. The molecule has 2 heterocycles. The molecular weight excluding hydrogens is 378 g/mol. The van der Waals surface area contributed by atoms with Crippen LogP contribution in [0.15, 0.2) is 12.3 Å². The standard InChI is InChI=1S/C20H28ClN5O2/c1-5-12-10-16(21)25-15-11-22-18(26-17(12)15)23-13-6-8-14(9-7-13)24-19(27)28-20(2,3)4/h10-11,13-14H,5-9H2,1-4H3,(H,24,27)(H,22,23,26). The summed E-state index contributed by atoms with van der Waals surface area (Å²) in [6, 6.07) is 2.27. The van der Waals surface area contributed by atoms with Crippen LogP contribution in [0.1, 0.15) is 58.9 Å². The van der Waals surface area contributed by atoms with E-state index in [0.717, 1.165) is 43.2 Å². The third kappa shape index (κ3) is 5.44. The van der Waals surface area contributed by atoms with Gasteiger partial charge in [0.15, 0.2) is 0 Å². The van der Waals surface area contributed by atoms with E-state index in [4.69, 9.17) is 16.3 Å². The van der Waals surface area contributed by atoms with Crippen LogP contribution in [0.5, 0.6) is 0 Å². The third-order valence-corrected chi connectivity index (χ3v) is 4.95. The van der Waals surface area contributed by atoms with Gasteiger partial charge in [0, 0.05) is 12.1 Å². The van der Waals surface area contributed by atoms with Gasteiger partial charge in [-0.2, -0.15) is 0 Å². The maximum absolute atomic E-state index is 11.9. The number of carbonyl (C=O) groups excluding carboxylic acids is 1. The summed E-state index contributed by atoms with van der Waals surface area (Å²) in [5.41, 5.74) is 2.13. The van der Waals surface area contributed by atoms with Gasteiger partial charge in [0.05, 0.1) is 11.7 Å². The molecule has 0 aromatic carbocycles. The summed E-state index contributed by atoms with van der Waals surface area (Å²) in [6.45, 7) is 7.67. The van der Waals surface area contributed by atoms with Crippen molar-refractivity contribution in [3.05, 3.63) is 23.0 Å². The molecule has 1 amide bonds. The monoisotopic (exact) mass is 405 g/mol. The number of rotatable bonds is 4. The Morgan fingerprint density at radius 1 is 1.21 bits per heavy atom. The molecule has 1 aliphatic carbocycles. The number of hydrogen-bond acceptors (Lipinski definition) is 6. The van der Waals surface area contributed by atoms with Crippen LogP contribution >= 0.6 is 11.6 Å². The van der Waals surface area contributed by atoms with E-state index in [9.17, 15) is 4.79 Å². The highest BCUT2D eigenvalue weighted by Gasteiger charge is 2.25. The van der Waals surface area contributed by atoms with E-state index in [-0.39, 0.29) is 18.2 Å². The molecule has 0 saturated heterocycles. The highest BCUT2D eigenvalue weighted by molar-refractivity contribution is 6.29. The van der Waals surface area contributed by atoms with E-state index in [1.807, 2.05) is 26.8 Å². The zero-order chi connectivity index (χ0) is 20.3. The molecule has 152 valence electrons. The van der Waals surface area contributed by atoms with Crippen LogP contribution < -0.4 is 10.6 Å². The van der Waals surface area contributed by atoms with Gasteiger partial charge in [-0.25, -0.2) is 19.7 Å². The summed E-state index contributed by atoms with van der Waals surface area (Å²) < 4.78 is 5.33. The molecule has 0 spiro atoms. The van der Waals surface area contributed by atoms with Crippen molar-refractivity contribution in [2.45, 2.75) is 77.5 Å². The van der Waals surface area contributed by atoms with Crippen molar-refractivity contribution in [3.63, 3.8) is 0 Å². The second-order valence-corrected chi connectivity index (χ2v) is 8.61. The molecule has 1 fully saturated rings. The fraction of sp³-hybridized carbons (Fsp3) is 0.600. The maximum atomic E-state index is 11.9. The molecule has 7 nitrogen and oxygen atoms in total. The van der Waals surface area contributed by atoms with Crippen molar-refractivity contribution in [1.82, 2.24) is 20.3 Å². The second-order valence-electron chi connectivity index (χ2n) is 8.22. The van der Waals surface area contributed by atoms with Crippen molar-refractivity contribution >= 4 is 34.7 Å². The average molecular weight is 406 g/mol. The van der Waals surface area contributed by atoms with Gasteiger partial charge in [-0.3, -0.25) is 0 Å². The van der Waals surface area contributed by atoms with Crippen LogP contribution in [0.25, 0.3) is 11.0 Å². The number of hydrogen-bond donors (Lipinski definition) is 2. The first-order chi connectivity index (χ1) is 13.2. The van der Waals surface area contributed by atoms with E-state index < -0.39 is 5.60 Å². The van der Waals surface area contributed by atoms with Crippen LogP contribution in [0.3, 0.4) is 0 Å². The highest BCUT2D eigenvalue weighted by Crippen LogP contribution is 2.24. The first kappa shape index (κ1) is 20.6. The summed E-state index contributed by atoms with van der Waals surface area (Å²) in [5, 5.41) is 6.85. The molecule has 2 aromatic rings. The Kier molecular flexibility index (Phi) is 6.23. The number of halogens is 1. The molecule has 1 aliphatic rings. The number of carbonyl (C=O) groups is 1. The van der Waals surface area contributed by atoms with Crippen LogP contribution in [-0.4, -0.2) is 38.7 Å². The molecule has 2 N–H and O–H groups in total. The van der Waals surface area contributed by atoms with E-state index in [0.29, 0.717) is 16.6 Å². The number of pyridine rings is 1. The molecular formula is C20H28ClN5O2. The minimum absolute atomic E-state index is 0.142. The molecule has 2 aromatic heterocycles. The Hall–Kier alpha value is -2.15. The lowest BCUT2D eigenvalue weighted by atomic mass is 9.91. The Morgan fingerprint density at radius 3 is 2.54 bits per heavy atom. The van der Waals surface area contributed by atoms with Gasteiger partial charge < -0.3 is 15.4 Å². The number of anilines is 1. The van der Waals surface area contributed by atoms with Gasteiger partial charge >= 0.3 is 6.09 Å². The van der Waals surface area contributed by atoms with Crippen LogP contribution in [0.4, 0.5) is 10.7 Å². The Morgan fingerprint density at radius 2 is 1.89 bits per heavy atom. The first-order valence-electron chi connectivity index (χ1n) is 9.81. The second kappa shape index (κ2) is 8.47. The van der Waals surface area contributed by atoms with Crippen LogP contribution in [-0.2, 0) is 11.2 Å². The topological polar surface area (TPSA) is 89.0 Å². The fourth-order valence-corrected chi connectivity index (χ4v) is 3.65. The fourth-order valence-electron chi connectivity index (χ4n) is 3.43. The lowest BCUT2D eigenvalue weighted by molar-refractivity contribution is 0.0492. The predicted octanol–water partition coefficient (Wildman–Crippen LogP) is 4.49. The van der Waals surface area contributed by atoms with Crippen molar-refractivity contribution in [2.75, 3.05) is 5.32 Å². The van der Waals surface area contributed by atoms with Gasteiger partial charge in [-0.05, 0) is 64.5 Å². The number of aromatic nitrogens is 3. The predicted molar refractivity (Wildman–Crippen MR) is 111 cm³/mol. The van der Waals surface area contributed by atoms with E-state index in [1.54, 1.807) is 6.20 Å².